The molecule has 5 rings (SSSR count). The molecule has 0 radical (unpaired) electrons. The van der Waals surface area contributed by atoms with E-state index in [9.17, 15) is 8.42 Å². The van der Waals surface area contributed by atoms with Gasteiger partial charge >= 0.3 is 0 Å². The monoisotopic (exact) mass is 497 g/mol. The predicted molar refractivity (Wildman–Crippen MR) is 142 cm³/mol. The van der Waals surface area contributed by atoms with Gasteiger partial charge in [0.15, 0.2) is 21.5 Å². The molecule has 7 heteroatoms. The summed E-state index contributed by atoms with van der Waals surface area (Å²) in [6.45, 7) is 7.83. The zero-order chi connectivity index (χ0) is 25.6. The number of aromatic nitrogens is 3. The van der Waals surface area contributed by atoms with Gasteiger partial charge in [-0.3, -0.25) is 0 Å². The molecule has 0 aliphatic rings. The lowest BCUT2D eigenvalue weighted by molar-refractivity contribution is 0.534. The predicted octanol–water partition coefficient (Wildman–Crippen LogP) is 6.50. The van der Waals surface area contributed by atoms with E-state index in [1.807, 2.05) is 74.0 Å². The number of sulfone groups is 1. The first-order valence-corrected chi connectivity index (χ1v) is 13.5. The number of rotatable bonds is 5. The van der Waals surface area contributed by atoms with Gasteiger partial charge in [-0.05, 0) is 61.7 Å². The summed E-state index contributed by atoms with van der Waals surface area (Å²) in [5, 5.41) is 0. The van der Waals surface area contributed by atoms with Crippen LogP contribution < -0.4 is 0 Å². The molecule has 0 saturated heterocycles. The van der Waals surface area contributed by atoms with Crippen molar-refractivity contribution >= 4 is 9.84 Å². The molecule has 0 amide bonds. The minimum Gasteiger partial charge on any atom is -0.440 e. The summed E-state index contributed by atoms with van der Waals surface area (Å²) < 4.78 is 32.7. The van der Waals surface area contributed by atoms with Crippen LogP contribution >= 0.6 is 0 Å². The van der Waals surface area contributed by atoms with Gasteiger partial charge in [-0.25, -0.2) is 18.4 Å². The number of imidazole rings is 1. The van der Waals surface area contributed by atoms with Crippen molar-refractivity contribution in [3.63, 3.8) is 0 Å². The van der Waals surface area contributed by atoms with Gasteiger partial charge < -0.3 is 8.98 Å². The maximum absolute atomic E-state index is 12.2. The van der Waals surface area contributed by atoms with Crippen LogP contribution in [-0.2, 0) is 9.84 Å². The van der Waals surface area contributed by atoms with Crippen LogP contribution in [0.15, 0.2) is 82.2 Å². The zero-order valence-electron chi connectivity index (χ0n) is 20.9. The molecule has 0 spiro atoms. The maximum Gasteiger partial charge on any atom is 0.192 e. The van der Waals surface area contributed by atoms with E-state index >= 15 is 0 Å². The summed E-state index contributed by atoms with van der Waals surface area (Å²) in [5.74, 6) is 2.08. The summed E-state index contributed by atoms with van der Waals surface area (Å²) in [4.78, 5) is 9.63. The minimum absolute atomic E-state index is 0.280. The Balaban J connectivity index is 1.79. The third-order valence-electron chi connectivity index (χ3n) is 6.23. The van der Waals surface area contributed by atoms with Crippen molar-refractivity contribution < 1.29 is 12.8 Å². The van der Waals surface area contributed by atoms with E-state index in [0.29, 0.717) is 11.7 Å². The number of oxazole rings is 1. The van der Waals surface area contributed by atoms with Crippen LogP contribution in [0.3, 0.4) is 0 Å². The van der Waals surface area contributed by atoms with Crippen molar-refractivity contribution in [2.24, 2.45) is 0 Å². The maximum atomic E-state index is 12.2. The van der Waals surface area contributed by atoms with Gasteiger partial charge in [0.25, 0.3) is 0 Å². The fourth-order valence-corrected chi connectivity index (χ4v) is 5.17. The molecule has 0 N–H and O–H groups in total. The van der Waals surface area contributed by atoms with Gasteiger partial charge in [-0.2, -0.15) is 0 Å². The Morgan fingerprint density at radius 1 is 0.806 bits per heavy atom. The Bertz CT molecular complexity index is 1710. The summed E-state index contributed by atoms with van der Waals surface area (Å²) in [6.07, 6.45) is 3.21. The molecule has 0 unspecified atom stereocenters. The standard InChI is InChI=1S/C29H27N3O3S/c1-18-9-6-7-12-25(18)28-29(35-21(4)31-28)26-16-23(22-10-8-11-24(15-22)36(5,33)34)13-14-27(26)32-17-19(2)30-20(32)3/h6-17H,1-5H3. The van der Waals surface area contributed by atoms with Gasteiger partial charge in [0.1, 0.15) is 11.5 Å². The van der Waals surface area contributed by atoms with Crippen LogP contribution in [0.5, 0.6) is 0 Å². The number of aryl methyl sites for hydroxylation is 4. The van der Waals surface area contributed by atoms with Crippen LogP contribution in [0, 0.1) is 27.7 Å². The summed E-state index contributed by atoms with van der Waals surface area (Å²) in [7, 11) is -3.33. The second kappa shape index (κ2) is 8.91. The van der Waals surface area contributed by atoms with Crippen molar-refractivity contribution in [1.82, 2.24) is 14.5 Å². The quantitative estimate of drug-likeness (QED) is 0.277. The Hall–Kier alpha value is -3.97. The van der Waals surface area contributed by atoms with Gasteiger partial charge in [0.05, 0.1) is 16.3 Å². The van der Waals surface area contributed by atoms with Crippen molar-refractivity contribution in [2.45, 2.75) is 32.6 Å². The highest BCUT2D eigenvalue weighted by Crippen LogP contribution is 2.39. The molecule has 36 heavy (non-hydrogen) atoms. The van der Waals surface area contributed by atoms with Crippen LogP contribution in [0.25, 0.3) is 39.4 Å². The van der Waals surface area contributed by atoms with Crippen molar-refractivity contribution in [3.05, 3.63) is 95.9 Å². The first-order chi connectivity index (χ1) is 17.1. The van der Waals surface area contributed by atoms with E-state index < -0.39 is 9.84 Å². The average Bonchev–Trinajstić information content (AvgIpc) is 3.39. The second-order valence-electron chi connectivity index (χ2n) is 9.06. The normalized spacial score (nSPS) is 11.7. The Labute approximate surface area is 211 Å². The SMILES string of the molecule is Cc1cn(-c2ccc(-c3cccc(S(C)(=O)=O)c3)cc2-c2oc(C)nc2-c2ccccc2C)c(C)n1. The molecule has 2 heterocycles. The summed E-state index contributed by atoms with van der Waals surface area (Å²) >= 11 is 0. The van der Waals surface area contributed by atoms with E-state index in [-0.39, 0.29) is 4.90 Å². The van der Waals surface area contributed by atoms with Gasteiger partial charge in [0.2, 0.25) is 0 Å². The smallest absolute Gasteiger partial charge is 0.192 e. The van der Waals surface area contributed by atoms with Crippen LogP contribution in [0.2, 0.25) is 0 Å². The third kappa shape index (κ3) is 4.38. The van der Waals surface area contributed by atoms with Crippen molar-refractivity contribution in [1.29, 1.82) is 0 Å². The third-order valence-corrected chi connectivity index (χ3v) is 7.34. The Morgan fingerprint density at radius 2 is 1.56 bits per heavy atom. The highest BCUT2D eigenvalue weighted by Gasteiger charge is 2.22. The molecule has 5 aromatic rings. The molecule has 0 bridgehead atoms. The molecular weight excluding hydrogens is 470 g/mol. The molecular formula is C29H27N3O3S. The van der Waals surface area contributed by atoms with Crippen molar-refractivity contribution in [2.75, 3.05) is 6.26 Å². The average molecular weight is 498 g/mol. The second-order valence-corrected chi connectivity index (χ2v) is 11.1. The molecule has 182 valence electrons. The summed E-state index contributed by atoms with van der Waals surface area (Å²) in [5.41, 5.74) is 7.20. The van der Waals surface area contributed by atoms with Crippen LogP contribution in [-0.4, -0.2) is 29.2 Å². The van der Waals surface area contributed by atoms with E-state index in [4.69, 9.17) is 9.40 Å². The lowest BCUT2D eigenvalue weighted by atomic mass is 9.97. The van der Waals surface area contributed by atoms with E-state index in [1.54, 1.807) is 18.2 Å². The topological polar surface area (TPSA) is 78.0 Å². The fraction of sp³-hybridized carbons (Fsp3) is 0.172. The van der Waals surface area contributed by atoms with Crippen LogP contribution in [0.1, 0.15) is 23.0 Å². The lowest BCUT2D eigenvalue weighted by Crippen LogP contribution is -2.00. The fourth-order valence-electron chi connectivity index (χ4n) is 4.51. The van der Waals surface area contributed by atoms with Crippen LogP contribution in [0.4, 0.5) is 0 Å². The molecule has 3 aromatic carbocycles. The molecule has 6 nitrogen and oxygen atoms in total. The Morgan fingerprint density at radius 3 is 2.25 bits per heavy atom. The van der Waals surface area contributed by atoms with E-state index in [2.05, 4.69) is 18.0 Å². The molecule has 2 aromatic heterocycles. The zero-order valence-corrected chi connectivity index (χ0v) is 21.7. The van der Waals surface area contributed by atoms with E-state index in [0.717, 1.165) is 50.7 Å². The molecule has 0 saturated carbocycles. The van der Waals surface area contributed by atoms with E-state index in [1.165, 1.54) is 6.26 Å². The number of hydrogen-bond donors (Lipinski definition) is 0. The molecule has 0 atom stereocenters. The first-order valence-electron chi connectivity index (χ1n) is 11.6. The summed E-state index contributed by atoms with van der Waals surface area (Å²) in [6, 6.07) is 21.1. The minimum atomic E-state index is -3.33. The Kier molecular flexibility index (Phi) is 5.88. The number of hydrogen-bond acceptors (Lipinski definition) is 5. The van der Waals surface area contributed by atoms with Gasteiger partial charge in [-0.1, -0.05) is 42.5 Å². The highest BCUT2D eigenvalue weighted by molar-refractivity contribution is 7.90. The largest absolute Gasteiger partial charge is 0.440 e. The molecule has 0 fully saturated rings. The first kappa shape index (κ1) is 23.8. The number of nitrogens with zero attached hydrogens (tertiary/aromatic N) is 3. The van der Waals surface area contributed by atoms with Gasteiger partial charge in [0, 0.05) is 30.5 Å². The van der Waals surface area contributed by atoms with Crippen molar-refractivity contribution in [3.8, 4) is 39.4 Å². The molecule has 0 aliphatic carbocycles. The highest BCUT2D eigenvalue weighted by atomic mass is 32.2. The lowest BCUT2D eigenvalue weighted by Gasteiger charge is -2.14. The number of benzene rings is 3. The molecule has 0 aliphatic heterocycles. The van der Waals surface area contributed by atoms with Gasteiger partial charge in [-0.15, -0.1) is 0 Å².